The minimum absolute atomic E-state index is 0.0451. The summed E-state index contributed by atoms with van der Waals surface area (Å²) >= 11 is 1.78. The highest BCUT2D eigenvalue weighted by Crippen LogP contribution is 2.29. The Labute approximate surface area is 152 Å². The zero-order chi connectivity index (χ0) is 17.6. The van der Waals surface area contributed by atoms with E-state index in [2.05, 4.69) is 11.4 Å². The Kier molecular flexibility index (Phi) is 5.76. The first-order valence-electron chi connectivity index (χ1n) is 8.63. The quantitative estimate of drug-likeness (QED) is 0.729. The molecule has 2 heterocycles. The Morgan fingerprint density at radius 2 is 2.00 bits per heavy atom. The van der Waals surface area contributed by atoms with Crippen molar-refractivity contribution in [2.24, 2.45) is 0 Å². The van der Waals surface area contributed by atoms with E-state index in [9.17, 15) is 4.79 Å². The molecule has 0 bridgehead atoms. The normalized spacial score (nSPS) is 13.8. The second-order valence-electron chi connectivity index (χ2n) is 5.78. The fraction of sp³-hybridized carbons (Fsp3) is 0.350. The summed E-state index contributed by atoms with van der Waals surface area (Å²) in [6.45, 7) is 6.53. The number of hydrogen-bond donors (Lipinski definition) is 0. The number of carbonyl (C=O) groups is 1. The highest BCUT2D eigenvalue weighted by atomic mass is 32.1. The van der Waals surface area contributed by atoms with E-state index in [1.165, 1.54) is 10.4 Å². The van der Waals surface area contributed by atoms with Crippen LogP contribution < -0.4 is 9.47 Å². The number of nitrogens with zero attached hydrogens (tertiary/aromatic N) is 1. The lowest BCUT2D eigenvalue weighted by atomic mass is 10.1. The van der Waals surface area contributed by atoms with E-state index in [-0.39, 0.29) is 5.91 Å². The molecule has 25 heavy (non-hydrogen) atoms. The van der Waals surface area contributed by atoms with Crippen LogP contribution in [0.1, 0.15) is 29.9 Å². The van der Waals surface area contributed by atoms with E-state index < -0.39 is 0 Å². The van der Waals surface area contributed by atoms with Crippen LogP contribution in [0, 0.1) is 0 Å². The van der Waals surface area contributed by atoms with Crippen LogP contribution in [0.4, 0.5) is 0 Å². The van der Waals surface area contributed by atoms with Crippen molar-refractivity contribution < 1.29 is 14.3 Å². The van der Waals surface area contributed by atoms with Crippen LogP contribution in [0.15, 0.2) is 35.7 Å². The SMILES string of the molecule is CCOc1ccc(/C=C/C(=O)N2CCc3sccc3C2)cc1OCC. The van der Waals surface area contributed by atoms with Gasteiger partial charge in [0.1, 0.15) is 0 Å². The van der Waals surface area contributed by atoms with Crippen molar-refractivity contribution in [3.05, 3.63) is 51.7 Å². The van der Waals surface area contributed by atoms with Gasteiger partial charge < -0.3 is 14.4 Å². The molecule has 0 saturated carbocycles. The lowest BCUT2D eigenvalue weighted by molar-refractivity contribution is -0.126. The number of thiophene rings is 1. The van der Waals surface area contributed by atoms with Crippen LogP contribution in [0.25, 0.3) is 6.08 Å². The topological polar surface area (TPSA) is 38.8 Å². The van der Waals surface area contributed by atoms with Crippen LogP contribution >= 0.6 is 11.3 Å². The number of fused-ring (bicyclic) bond motifs is 1. The number of benzene rings is 1. The largest absolute Gasteiger partial charge is 0.490 e. The van der Waals surface area contributed by atoms with Crippen molar-refractivity contribution in [3.63, 3.8) is 0 Å². The fourth-order valence-corrected chi connectivity index (χ4v) is 3.77. The third kappa shape index (κ3) is 4.23. The van der Waals surface area contributed by atoms with Gasteiger partial charge in [0.2, 0.25) is 5.91 Å². The highest BCUT2D eigenvalue weighted by Gasteiger charge is 2.19. The van der Waals surface area contributed by atoms with Crippen molar-refractivity contribution in [1.29, 1.82) is 0 Å². The first kappa shape index (κ1) is 17.5. The Morgan fingerprint density at radius 1 is 1.20 bits per heavy atom. The van der Waals surface area contributed by atoms with Gasteiger partial charge in [-0.05, 0) is 61.1 Å². The van der Waals surface area contributed by atoms with E-state index >= 15 is 0 Å². The first-order valence-corrected chi connectivity index (χ1v) is 9.51. The van der Waals surface area contributed by atoms with Crippen molar-refractivity contribution in [1.82, 2.24) is 4.90 Å². The van der Waals surface area contributed by atoms with Crippen LogP contribution in [-0.2, 0) is 17.8 Å². The molecule has 0 N–H and O–H groups in total. The zero-order valence-electron chi connectivity index (χ0n) is 14.7. The maximum absolute atomic E-state index is 12.5. The van der Waals surface area contributed by atoms with Crippen LogP contribution in [0.2, 0.25) is 0 Å². The van der Waals surface area contributed by atoms with Gasteiger partial charge >= 0.3 is 0 Å². The maximum Gasteiger partial charge on any atom is 0.246 e. The Hall–Kier alpha value is -2.27. The molecule has 0 aliphatic carbocycles. The van der Waals surface area contributed by atoms with E-state index in [1.807, 2.05) is 43.0 Å². The number of ether oxygens (including phenoxy) is 2. The van der Waals surface area contributed by atoms with Gasteiger partial charge in [-0.25, -0.2) is 0 Å². The van der Waals surface area contributed by atoms with E-state index in [0.717, 1.165) is 24.3 Å². The Balaban J connectivity index is 1.69. The lowest BCUT2D eigenvalue weighted by Crippen LogP contribution is -2.34. The van der Waals surface area contributed by atoms with Crippen molar-refractivity contribution >= 4 is 23.3 Å². The van der Waals surface area contributed by atoms with Crippen molar-refractivity contribution in [2.45, 2.75) is 26.8 Å². The van der Waals surface area contributed by atoms with Gasteiger partial charge in [-0.15, -0.1) is 11.3 Å². The molecule has 2 aromatic rings. The molecule has 0 spiro atoms. The predicted octanol–water partition coefficient (Wildman–Crippen LogP) is 4.14. The number of amides is 1. The first-order chi connectivity index (χ1) is 12.2. The monoisotopic (exact) mass is 357 g/mol. The molecule has 0 radical (unpaired) electrons. The maximum atomic E-state index is 12.5. The van der Waals surface area contributed by atoms with Gasteiger partial charge in [-0.2, -0.15) is 0 Å². The molecule has 5 heteroatoms. The molecular formula is C20H23NO3S. The number of rotatable bonds is 6. The van der Waals surface area contributed by atoms with E-state index in [4.69, 9.17) is 9.47 Å². The molecule has 1 aromatic carbocycles. The van der Waals surface area contributed by atoms with Gasteiger partial charge in [-0.1, -0.05) is 6.07 Å². The fourth-order valence-electron chi connectivity index (χ4n) is 2.88. The van der Waals surface area contributed by atoms with Crippen LogP contribution in [-0.4, -0.2) is 30.6 Å². The molecule has 0 fully saturated rings. The highest BCUT2D eigenvalue weighted by molar-refractivity contribution is 7.10. The third-order valence-corrected chi connectivity index (χ3v) is 5.13. The molecule has 3 rings (SSSR count). The molecule has 1 amide bonds. The average molecular weight is 357 g/mol. The third-order valence-electron chi connectivity index (χ3n) is 4.11. The molecule has 0 saturated heterocycles. The van der Waals surface area contributed by atoms with Gasteiger partial charge in [0.15, 0.2) is 11.5 Å². The Bertz CT molecular complexity index is 766. The smallest absolute Gasteiger partial charge is 0.246 e. The number of hydrogen-bond acceptors (Lipinski definition) is 4. The molecule has 0 atom stereocenters. The van der Waals surface area contributed by atoms with Gasteiger partial charge in [0.05, 0.1) is 13.2 Å². The summed E-state index contributed by atoms with van der Waals surface area (Å²) in [5, 5.41) is 2.10. The summed E-state index contributed by atoms with van der Waals surface area (Å²) in [4.78, 5) is 15.8. The molecule has 1 aliphatic heterocycles. The molecular weight excluding hydrogens is 334 g/mol. The summed E-state index contributed by atoms with van der Waals surface area (Å²) < 4.78 is 11.2. The van der Waals surface area contributed by atoms with Crippen LogP contribution in [0.3, 0.4) is 0 Å². The van der Waals surface area contributed by atoms with Gasteiger partial charge in [0.25, 0.3) is 0 Å². The van der Waals surface area contributed by atoms with Crippen LogP contribution in [0.5, 0.6) is 11.5 Å². The second-order valence-corrected chi connectivity index (χ2v) is 6.79. The predicted molar refractivity (Wildman–Crippen MR) is 101 cm³/mol. The minimum Gasteiger partial charge on any atom is -0.490 e. The molecule has 0 unspecified atom stereocenters. The summed E-state index contributed by atoms with van der Waals surface area (Å²) in [6, 6.07) is 7.84. The van der Waals surface area contributed by atoms with Gasteiger partial charge in [0, 0.05) is 24.0 Å². The Morgan fingerprint density at radius 3 is 2.80 bits per heavy atom. The van der Waals surface area contributed by atoms with Gasteiger partial charge in [-0.3, -0.25) is 4.79 Å². The molecule has 132 valence electrons. The molecule has 1 aromatic heterocycles. The summed E-state index contributed by atoms with van der Waals surface area (Å²) in [5.74, 6) is 1.48. The molecule has 1 aliphatic rings. The number of carbonyl (C=O) groups excluding carboxylic acids is 1. The van der Waals surface area contributed by atoms with E-state index in [1.54, 1.807) is 17.4 Å². The zero-order valence-corrected chi connectivity index (χ0v) is 15.5. The van der Waals surface area contributed by atoms with E-state index in [0.29, 0.717) is 25.5 Å². The minimum atomic E-state index is 0.0451. The molecule has 4 nitrogen and oxygen atoms in total. The van der Waals surface area contributed by atoms with Crippen molar-refractivity contribution in [2.75, 3.05) is 19.8 Å². The summed E-state index contributed by atoms with van der Waals surface area (Å²) in [6.07, 6.45) is 4.43. The standard InChI is InChI=1S/C20H23NO3S/c1-3-23-17-7-5-15(13-18(17)24-4-2)6-8-20(22)21-11-9-19-16(14-21)10-12-25-19/h5-8,10,12-13H,3-4,9,11,14H2,1-2H3/b8-6+. The second kappa shape index (κ2) is 8.21. The average Bonchev–Trinajstić information content (AvgIpc) is 3.09. The summed E-state index contributed by atoms with van der Waals surface area (Å²) in [7, 11) is 0. The summed E-state index contributed by atoms with van der Waals surface area (Å²) in [5.41, 5.74) is 2.20. The lowest BCUT2D eigenvalue weighted by Gasteiger charge is -2.25. The van der Waals surface area contributed by atoms with Crippen molar-refractivity contribution in [3.8, 4) is 11.5 Å².